The predicted octanol–water partition coefficient (Wildman–Crippen LogP) is 3.39. The van der Waals surface area contributed by atoms with Gasteiger partial charge in [0, 0.05) is 23.2 Å². The van der Waals surface area contributed by atoms with Gasteiger partial charge in [-0.3, -0.25) is 9.69 Å². The zero-order chi connectivity index (χ0) is 15.1. The first kappa shape index (κ1) is 17.2. The Kier molecular flexibility index (Phi) is 7.20. The van der Waals surface area contributed by atoms with E-state index in [-0.39, 0.29) is 18.4 Å². The van der Waals surface area contributed by atoms with Gasteiger partial charge < -0.3 is 5.11 Å². The molecule has 3 nitrogen and oxygen atoms in total. The van der Waals surface area contributed by atoms with Gasteiger partial charge in [0.05, 0.1) is 12.6 Å². The van der Waals surface area contributed by atoms with Crippen molar-refractivity contribution in [2.75, 3.05) is 13.2 Å². The maximum Gasteiger partial charge on any atom is 0.179 e. The molecule has 0 spiro atoms. The standard InChI is InChI=1S/C16H24ClNO2/c1-4-15(5-2)18(9-10-19)12(3)16(20)13-7-6-8-14(17)11-13/h6-8,11-12,15,19H,4-5,9-10H2,1-3H3. The van der Waals surface area contributed by atoms with E-state index in [1.807, 2.05) is 6.92 Å². The van der Waals surface area contributed by atoms with E-state index in [0.29, 0.717) is 23.2 Å². The molecule has 4 heteroatoms. The first-order valence-electron chi connectivity index (χ1n) is 7.21. The predicted molar refractivity (Wildman–Crippen MR) is 83.4 cm³/mol. The van der Waals surface area contributed by atoms with Gasteiger partial charge in [-0.15, -0.1) is 0 Å². The maximum atomic E-state index is 12.6. The lowest BCUT2D eigenvalue weighted by atomic mass is 10.0. The third-order valence-corrected chi connectivity index (χ3v) is 3.99. The van der Waals surface area contributed by atoms with Crippen LogP contribution in [0.15, 0.2) is 24.3 Å². The smallest absolute Gasteiger partial charge is 0.179 e. The summed E-state index contributed by atoms with van der Waals surface area (Å²) in [5.41, 5.74) is 0.624. The zero-order valence-electron chi connectivity index (χ0n) is 12.5. The molecule has 1 aromatic rings. The highest BCUT2D eigenvalue weighted by atomic mass is 35.5. The molecule has 0 heterocycles. The van der Waals surface area contributed by atoms with Crippen LogP contribution in [0.1, 0.15) is 44.0 Å². The van der Waals surface area contributed by atoms with Crippen LogP contribution < -0.4 is 0 Å². The van der Waals surface area contributed by atoms with Gasteiger partial charge in [0.2, 0.25) is 0 Å². The summed E-state index contributed by atoms with van der Waals surface area (Å²) in [5.74, 6) is 0.0489. The summed E-state index contributed by atoms with van der Waals surface area (Å²) in [4.78, 5) is 14.7. The Bertz CT molecular complexity index is 432. The molecule has 0 aliphatic rings. The van der Waals surface area contributed by atoms with E-state index in [9.17, 15) is 9.90 Å². The van der Waals surface area contributed by atoms with Gasteiger partial charge in [0.15, 0.2) is 5.78 Å². The fourth-order valence-electron chi connectivity index (χ4n) is 2.60. The molecule has 0 bridgehead atoms. The second-order valence-electron chi connectivity index (χ2n) is 4.98. The minimum atomic E-state index is -0.259. The third kappa shape index (κ3) is 4.30. The van der Waals surface area contributed by atoms with Gasteiger partial charge in [-0.1, -0.05) is 37.6 Å². The van der Waals surface area contributed by atoms with E-state index >= 15 is 0 Å². The number of rotatable bonds is 8. The average molecular weight is 298 g/mol. The minimum absolute atomic E-state index is 0.0489. The largest absolute Gasteiger partial charge is 0.395 e. The number of ketones is 1. The van der Waals surface area contributed by atoms with Crippen molar-refractivity contribution >= 4 is 17.4 Å². The first-order valence-corrected chi connectivity index (χ1v) is 7.59. The van der Waals surface area contributed by atoms with Crippen molar-refractivity contribution in [2.45, 2.75) is 45.7 Å². The lowest BCUT2D eigenvalue weighted by Gasteiger charge is -2.34. The van der Waals surface area contributed by atoms with E-state index in [0.717, 1.165) is 12.8 Å². The van der Waals surface area contributed by atoms with Crippen LogP contribution in [-0.4, -0.2) is 41.0 Å². The Morgan fingerprint density at radius 3 is 2.50 bits per heavy atom. The van der Waals surface area contributed by atoms with Crippen molar-refractivity contribution in [3.05, 3.63) is 34.9 Å². The van der Waals surface area contributed by atoms with Gasteiger partial charge in [-0.05, 0) is 31.9 Å². The Hall–Kier alpha value is -0.900. The van der Waals surface area contributed by atoms with E-state index in [1.165, 1.54) is 0 Å². The number of aliphatic hydroxyl groups is 1. The number of carbonyl (C=O) groups excluding carboxylic acids is 1. The lowest BCUT2D eigenvalue weighted by Crippen LogP contribution is -2.46. The number of carbonyl (C=O) groups is 1. The number of hydrogen-bond donors (Lipinski definition) is 1. The Morgan fingerprint density at radius 1 is 1.35 bits per heavy atom. The monoisotopic (exact) mass is 297 g/mol. The van der Waals surface area contributed by atoms with Crippen LogP contribution >= 0.6 is 11.6 Å². The molecule has 0 radical (unpaired) electrons. The molecule has 0 saturated heterocycles. The van der Waals surface area contributed by atoms with E-state index in [1.54, 1.807) is 24.3 Å². The summed E-state index contributed by atoms with van der Waals surface area (Å²) in [6, 6.07) is 7.08. The van der Waals surface area contributed by atoms with Crippen molar-refractivity contribution in [1.29, 1.82) is 0 Å². The zero-order valence-corrected chi connectivity index (χ0v) is 13.2. The third-order valence-electron chi connectivity index (χ3n) is 3.76. The summed E-state index contributed by atoms with van der Waals surface area (Å²) in [5, 5.41) is 9.82. The van der Waals surface area contributed by atoms with Crippen molar-refractivity contribution in [1.82, 2.24) is 4.90 Å². The minimum Gasteiger partial charge on any atom is -0.395 e. The normalized spacial score (nSPS) is 12.9. The summed E-state index contributed by atoms with van der Waals surface area (Å²) >= 11 is 5.95. The number of nitrogens with zero attached hydrogens (tertiary/aromatic N) is 1. The fraction of sp³-hybridized carbons (Fsp3) is 0.562. The molecule has 0 amide bonds. The molecule has 1 aromatic carbocycles. The number of halogens is 1. The molecule has 112 valence electrons. The highest BCUT2D eigenvalue weighted by Gasteiger charge is 2.26. The molecule has 1 rings (SSSR count). The number of aliphatic hydroxyl groups excluding tert-OH is 1. The molecule has 0 aromatic heterocycles. The Balaban J connectivity index is 2.93. The van der Waals surface area contributed by atoms with Crippen LogP contribution in [0.2, 0.25) is 5.02 Å². The van der Waals surface area contributed by atoms with Gasteiger partial charge in [0.1, 0.15) is 0 Å². The molecule has 0 fully saturated rings. The van der Waals surface area contributed by atoms with Crippen molar-refractivity contribution in [2.24, 2.45) is 0 Å². The van der Waals surface area contributed by atoms with Gasteiger partial charge >= 0.3 is 0 Å². The van der Waals surface area contributed by atoms with E-state index in [2.05, 4.69) is 18.7 Å². The summed E-state index contributed by atoms with van der Waals surface area (Å²) < 4.78 is 0. The van der Waals surface area contributed by atoms with Crippen LogP contribution in [0.25, 0.3) is 0 Å². The second kappa shape index (κ2) is 8.40. The maximum absolute atomic E-state index is 12.6. The number of Topliss-reactive ketones (excluding diaryl/α,β-unsaturated/α-hetero) is 1. The van der Waals surface area contributed by atoms with E-state index < -0.39 is 0 Å². The van der Waals surface area contributed by atoms with Crippen LogP contribution in [0, 0.1) is 0 Å². The first-order chi connectivity index (χ1) is 9.54. The summed E-state index contributed by atoms with van der Waals surface area (Å²) in [6.07, 6.45) is 1.92. The summed E-state index contributed by atoms with van der Waals surface area (Å²) in [7, 11) is 0. The molecular weight excluding hydrogens is 274 g/mol. The Labute approximate surface area is 126 Å². The molecule has 1 atom stereocenters. The molecular formula is C16H24ClNO2. The number of benzene rings is 1. The van der Waals surface area contributed by atoms with Gasteiger partial charge in [-0.2, -0.15) is 0 Å². The van der Waals surface area contributed by atoms with Gasteiger partial charge in [-0.25, -0.2) is 0 Å². The fourth-order valence-corrected chi connectivity index (χ4v) is 2.79. The molecule has 0 aliphatic carbocycles. The Morgan fingerprint density at radius 2 is 2.00 bits per heavy atom. The second-order valence-corrected chi connectivity index (χ2v) is 5.42. The molecule has 0 aliphatic heterocycles. The quantitative estimate of drug-likeness (QED) is 0.748. The van der Waals surface area contributed by atoms with Crippen molar-refractivity contribution < 1.29 is 9.90 Å². The molecule has 1 N–H and O–H groups in total. The average Bonchev–Trinajstić information content (AvgIpc) is 2.46. The van der Waals surface area contributed by atoms with Crippen LogP contribution in [0.4, 0.5) is 0 Å². The molecule has 20 heavy (non-hydrogen) atoms. The van der Waals surface area contributed by atoms with Crippen molar-refractivity contribution in [3.63, 3.8) is 0 Å². The molecule has 1 unspecified atom stereocenters. The molecule has 0 saturated carbocycles. The van der Waals surface area contributed by atoms with Gasteiger partial charge in [0.25, 0.3) is 0 Å². The topological polar surface area (TPSA) is 40.5 Å². The number of hydrogen-bond acceptors (Lipinski definition) is 3. The van der Waals surface area contributed by atoms with Crippen LogP contribution in [0.3, 0.4) is 0 Å². The highest BCUT2D eigenvalue weighted by molar-refractivity contribution is 6.31. The van der Waals surface area contributed by atoms with Crippen LogP contribution in [-0.2, 0) is 0 Å². The summed E-state index contributed by atoms with van der Waals surface area (Å²) in [6.45, 7) is 6.69. The lowest BCUT2D eigenvalue weighted by molar-refractivity contribution is 0.0686. The SMILES string of the molecule is CCC(CC)N(CCO)C(C)C(=O)c1cccc(Cl)c1. The van der Waals surface area contributed by atoms with Crippen LogP contribution in [0.5, 0.6) is 0 Å². The van der Waals surface area contributed by atoms with Crippen molar-refractivity contribution in [3.8, 4) is 0 Å². The highest BCUT2D eigenvalue weighted by Crippen LogP contribution is 2.18. The van der Waals surface area contributed by atoms with E-state index in [4.69, 9.17) is 11.6 Å².